The van der Waals surface area contributed by atoms with Crippen LogP contribution in [0.1, 0.15) is 277 Å². The van der Waals surface area contributed by atoms with Gasteiger partial charge in [-0.25, -0.2) is 0 Å². The fraction of sp³-hybridized carbons (Fsp3) is 0.880. The van der Waals surface area contributed by atoms with Gasteiger partial charge in [0.05, 0.1) is 0 Å². The molecule has 0 aliphatic rings. The SMILES string of the molecule is CCCCCCCC/C=C\CCCCCCCCCCCCC(CCCCCCCCCCCC/C=C\CCCCCCCC)(CCCC(=O)O)C(N)=O. The van der Waals surface area contributed by atoms with E-state index in [1.165, 1.54) is 205 Å². The third kappa shape index (κ3) is 37.3. The molecule has 0 rings (SSSR count). The number of hydrogen-bond donors (Lipinski definition) is 2. The zero-order valence-electron chi connectivity index (χ0n) is 36.6. The van der Waals surface area contributed by atoms with Gasteiger partial charge in [-0.05, 0) is 77.0 Å². The largest absolute Gasteiger partial charge is 0.481 e. The Bertz CT molecular complexity index is 799. The third-order valence-corrected chi connectivity index (χ3v) is 11.9. The monoisotopic (exact) mass is 758 g/mol. The van der Waals surface area contributed by atoms with Crippen molar-refractivity contribution < 1.29 is 14.7 Å². The Morgan fingerprint density at radius 2 is 0.630 bits per heavy atom. The highest BCUT2D eigenvalue weighted by molar-refractivity contribution is 5.80. The molecule has 0 aromatic rings. The zero-order chi connectivity index (χ0) is 39.5. The van der Waals surface area contributed by atoms with Crippen LogP contribution < -0.4 is 5.73 Å². The summed E-state index contributed by atoms with van der Waals surface area (Å²) in [7, 11) is 0. The number of unbranched alkanes of at least 4 members (excludes halogenated alkanes) is 32. The van der Waals surface area contributed by atoms with E-state index in [0.29, 0.717) is 12.8 Å². The molecule has 0 fully saturated rings. The van der Waals surface area contributed by atoms with Crippen molar-refractivity contribution in [1.29, 1.82) is 0 Å². The normalized spacial score (nSPS) is 12.1. The minimum absolute atomic E-state index is 0.126. The maximum absolute atomic E-state index is 12.8. The molecule has 0 saturated heterocycles. The Kier molecular flexibility index (Phi) is 41.3. The van der Waals surface area contributed by atoms with Crippen LogP contribution in [0.25, 0.3) is 0 Å². The fourth-order valence-electron chi connectivity index (χ4n) is 8.16. The molecule has 0 bridgehead atoms. The molecular weight excluding hydrogens is 663 g/mol. The molecule has 0 unspecified atom stereocenters. The van der Waals surface area contributed by atoms with Crippen LogP contribution in [0.15, 0.2) is 24.3 Å². The standard InChI is InChI=1S/C50H95NO3/c1-3-5-7-9-11-13-15-17-19-21-23-25-27-29-31-33-35-37-39-41-45-50(49(51)54,47-43-44-48(52)53)46-42-40-38-36-34-32-30-28-26-24-22-20-18-16-14-12-10-8-6-4-2/h17-20H,3-16,21-47H2,1-2H3,(H2,51,54)(H,52,53)/b19-17-,20-18-. The first-order chi connectivity index (χ1) is 26.5. The van der Waals surface area contributed by atoms with E-state index in [-0.39, 0.29) is 12.3 Å². The molecule has 0 radical (unpaired) electrons. The number of hydrogen-bond acceptors (Lipinski definition) is 2. The topological polar surface area (TPSA) is 80.4 Å². The zero-order valence-corrected chi connectivity index (χ0v) is 36.6. The lowest BCUT2D eigenvalue weighted by molar-refractivity contribution is -0.138. The minimum atomic E-state index is -0.778. The van der Waals surface area contributed by atoms with Gasteiger partial charge in [-0.2, -0.15) is 0 Å². The number of carbonyl (C=O) groups is 2. The summed E-state index contributed by atoms with van der Waals surface area (Å²) in [6.45, 7) is 4.56. The first-order valence-corrected chi connectivity index (χ1v) is 24.3. The molecule has 0 spiro atoms. The Morgan fingerprint density at radius 1 is 0.389 bits per heavy atom. The van der Waals surface area contributed by atoms with Crippen molar-refractivity contribution in [2.75, 3.05) is 0 Å². The van der Waals surface area contributed by atoms with Crippen molar-refractivity contribution >= 4 is 11.9 Å². The first kappa shape index (κ1) is 52.4. The second-order valence-electron chi connectivity index (χ2n) is 17.1. The predicted octanol–water partition coefficient (Wildman–Crippen LogP) is 16.7. The van der Waals surface area contributed by atoms with Crippen LogP contribution in [-0.4, -0.2) is 17.0 Å². The summed E-state index contributed by atoms with van der Waals surface area (Å²) >= 11 is 0. The highest BCUT2D eigenvalue weighted by Crippen LogP contribution is 2.37. The highest BCUT2D eigenvalue weighted by atomic mass is 16.4. The molecule has 318 valence electrons. The average molecular weight is 758 g/mol. The summed E-state index contributed by atoms with van der Waals surface area (Å²) in [4.78, 5) is 24.1. The van der Waals surface area contributed by atoms with Gasteiger partial charge >= 0.3 is 5.97 Å². The van der Waals surface area contributed by atoms with E-state index in [4.69, 9.17) is 5.73 Å². The van der Waals surface area contributed by atoms with E-state index in [0.717, 1.165) is 38.5 Å². The van der Waals surface area contributed by atoms with Crippen LogP contribution in [0.2, 0.25) is 0 Å². The first-order valence-electron chi connectivity index (χ1n) is 24.3. The highest BCUT2D eigenvalue weighted by Gasteiger charge is 2.35. The summed E-state index contributed by atoms with van der Waals surface area (Å²) in [5.74, 6) is -0.978. The lowest BCUT2D eigenvalue weighted by atomic mass is 9.73. The third-order valence-electron chi connectivity index (χ3n) is 11.9. The second kappa shape index (κ2) is 42.6. The molecule has 0 aliphatic carbocycles. The van der Waals surface area contributed by atoms with Crippen molar-refractivity contribution in [3.63, 3.8) is 0 Å². The Balaban J connectivity index is 3.97. The van der Waals surface area contributed by atoms with Gasteiger partial charge in [-0.1, -0.05) is 218 Å². The van der Waals surface area contributed by atoms with E-state index in [9.17, 15) is 14.7 Å². The van der Waals surface area contributed by atoms with Gasteiger partial charge in [-0.15, -0.1) is 0 Å². The Hall–Kier alpha value is -1.58. The van der Waals surface area contributed by atoms with E-state index in [2.05, 4.69) is 38.2 Å². The number of allylic oxidation sites excluding steroid dienone is 4. The van der Waals surface area contributed by atoms with Crippen LogP contribution in [0.3, 0.4) is 0 Å². The van der Waals surface area contributed by atoms with E-state index >= 15 is 0 Å². The summed E-state index contributed by atoms with van der Waals surface area (Å²) < 4.78 is 0. The molecule has 0 aliphatic heterocycles. The van der Waals surface area contributed by atoms with Crippen molar-refractivity contribution in [1.82, 2.24) is 0 Å². The number of rotatable bonds is 45. The summed E-state index contributed by atoms with van der Waals surface area (Å²) in [5.41, 5.74) is 5.54. The van der Waals surface area contributed by atoms with Crippen molar-refractivity contribution in [2.45, 2.75) is 277 Å². The fourth-order valence-corrected chi connectivity index (χ4v) is 8.16. The molecule has 0 atom stereocenters. The van der Waals surface area contributed by atoms with Crippen LogP contribution in [0, 0.1) is 5.41 Å². The number of carbonyl (C=O) groups excluding carboxylic acids is 1. The number of amides is 1. The molecule has 4 heteroatoms. The van der Waals surface area contributed by atoms with Gasteiger partial charge < -0.3 is 10.8 Å². The van der Waals surface area contributed by atoms with Gasteiger partial charge in [0.15, 0.2) is 0 Å². The summed E-state index contributed by atoms with van der Waals surface area (Å²) in [6, 6.07) is 0. The predicted molar refractivity (Wildman–Crippen MR) is 238 cm³/mol. The van der Waals surface area contributed by atoms with E-state index in [1.807, 2.05) is 0 Å². The molecule has 0 aromatic heterocycles. The van der Waals surface area contributed by atoms with Crippen molar-refractivity contribution in [3.05, 3.63) is 24.3 Å². The van der Waals surface area contributed by atoms with E-state index < -0.39 is 11.4 Å². The van der Waals surface area contributed by atoms with Gasteiger partial charge in [0.2, 0.25) is 5.91 Å². The molecule has 3 N–H and O–H groups in total. The van der Waals surface area contributed by atoms with Crippen LogP contribution >= 0.6 is 0 Å². The Labute approximate surface area is 338 Å². The number of primary amides is 1. The van der Waals surface area contributed by atoms with Gasteiger partial charge in [0.1, 0.15) is 0 Å². The molecule has 0 saturated carbocycles. The molecular formula is C50H95NO3. The summed E-state index contributed by atoms with van der Waals surface area (Å²) in [6.07, 6.45) is 59.7. The molecule has 4 nitrogen and oxygen atoms in total. The van der Waals surface area contributed by atoms with E-state index in [1.54, 1.807) is 0 Å². The lowest BCUT2D eigenvalue weighted by Gasteiger charge is -2.31. The van der Waals surface area contributed by atoms with Crippen molar-refractivity contribution in [3.8, 4) is 0 Å². The number of carboxylic acids is 1. The van der Waals surface area contributed by atoms with Crippen LogP contribution in [-0.2, 0) is 9.59 Å². The number of aliphatic carboxylic acids is 1. The molecule has 1 amide bonds. The van der Waals surface area contributed by atoms with Crippen molar-refractivity contribution in [2.24, 2.45) is 11.1 Å². The second-order valence-corrected chi connectivity index (χ2v) is 17.1. The molecule has 0 heterocycles. The smallest absolute Gasteiger partial charge is 0.303 e. The minimum Gasteiger partial charge on any atom is -0.481 e. The quantitative estimate of drug-likeness (QED) is 0.0479. The van der Waals surface area contributed by atoms with Gasteiger partial charge in [-0.3, -0.25) is 9.59 Å². The lowest BCUT2D eigenvalue weighted by Crippen LogP contribution is -2.37. The maximum Gasteiger partial charge on any atom is 0.303 e. The van der Waals surface area contributed by atoms with Crippen LogP contribution in [0.4, 0.5) is 0 Å². The van der Waals surface area contributed by atoms with Gasteiger partial charge in [0.25, 0.3) is 0 Å². The Morgan fingerprint density at radius 3 is 0.889 bits per heavy atom. The van der Waals surface area contributed by atoms with Crippen LogP contribution in [0.5, 0.6) is 0 Å². The van der Waals surface area contributed by atoms with Gasteiger partial charge in [0, 0.05) is 11.8 Å². The number of carboxylic acid groups (broad SMARTS) is 1. The number of nitrogens with two attached hydrogens (primary N) is 1. The molecule has 0 aromatic carbocycles. The molecule has 54 heavy (non-hydrogen) atoms. The average Bonchev–Trinajstić information content (AvgIpc) is 3.15. The maximum atomic E-state index is 12.8. The summed E-state index contributed by atoms with van der Waals surface area (Å²) in [5, 5.41) is 9.23.